The van der Waals surface area contributed by atoms with E-state index in [4.69, 9.17) is 23.2 Å². The van der Waals surface area contributed by atoms with Gasteiger partial charge in [0.1, 0.15) is 16.5 Å². The number of carbonyl (C=O) groups is 3. The van der Waals surface area contributed by atoms with Crippen LogP contribution in [0.4, 0.5) is 17.1 Å². The van der Waals surface area contributed by atoms with Gasteiger partial charge in [0, 0.05) is 16.3 Å². The number of amides is 3. The summed E-state index contributed by atoms with van der Waals surface area (Å²) < 4.78 is 0. The van der Waals surface area contributed by atoms with Gasteiger partial charge in [-0.2, -0.15) is 0 Å². The second-order valence-electron chi connectivity index (χ2n) is 6.79. The molecule has 3 aromatic carbocycles. The number of carbonyl (C=O) groups excluding carboxylic acids is 3. The van der Waals surface area contributed by atoms with Crippen molar-refractivity contribution in [3.05, 3.63) is 94.1 Å². The number of hydrogen-bond donors (Lipinski definition) is 3. The standard InChI is InChI=1S/C23H15Cl2N3O4/c24-14-6-4-8-16(12-14)28-22(31)19(25)20(23(28)32)26-15-7-3-5-13(11-15)21(30)27-17-9-1-2-10-18(17)29/h1-12,26,29H,(H,27,30). The normalized spacial score (nSPS) is 13.5. The van der Waals surface area contributed by atoms with Gasteiger partial charge in [-0.1, -0.05) is 47.5 Å². The molecule has 32 heavy (non-hydrogen) atoms. The Bertz CT molecular complexity index is 1290. The third-order valence-corrected chi connectivity index (χ3v) is 5.23. The summed E-state index contributed by atoms with van der Waals surface area (Å²) in [7, 11) is 0. The molecule has 1 heterocycles. The molecule has 9 heteroatoms. The van der Waals surface area contributed by atoms with Crippen molar-refractivity contribution in [1.82, 2.24) is 0 Å². The maximum Gasteiger partial charge on any atom is 0.283 e. The molecule has 0 radical (unpaired) electrons. The van der Waals surface area contributed by atoms with Crippen LogP contribution in [-0.4, -0.2) is 22.8 Å². The Hall–Kier alpha value is -3.81. The number of rotatable bonds is 5. The zero-order chi connectivity index (χ0) is 22.8. The number of imide groups is 1. The van der Waals surface area contributed by atoms with E-state index in [2.05, 4.69) is 10.6 Å². The smallest absolute Gasteiger partial charge is 0.283 e. The molecule has 1 aliphatic heterocycles. The first-order valence-corrected chi connectivity index (χ1v) is 10.1. The summed E-state index contributed by atoms with van der Waals surface area (Å²) in [6, 6.07) is 18.9. The largest absolute Gasteiger partial charge is 0.506 e. The van der Waals surface area contributed by atoms with Gasteiger partial charge in [-0.25, -0.2) is 4.90 Å². The van der Waals surface area contributed by atoms with Gasteiger partial charge in [0.15, 0.2) is 0 Å². The Labute approximate surface area is 192 Å². The minimum absolute atomic E-state index is 0.0664. The Balaban J connectivity index is 1.55. The molecular weight excluding hydrogens is 453 g/mol. The highest BCUT2D eigenvalue weighted by molar-refractivity contribution is 6.53. The highest BCUT2D eigenvalue weighted by atomic mass is 35.5. The molecule has 3 aromatic rings. The van der Waals surface area contributed by atoms with Gasteiger partial charge in [-0.3, -0.25) is 14.4 Å². The Morgan fingerprint density at radius 3 is 2.38 bits per heavy atom. The molecule has 0 spiro atoms. The van der Waals surface area contributed by atoms with Crippen LogP contribution in [0.3, 0.4) is 0 Å². The lowest BCUT2D eigenvalue weighted by atomic mass is 10.1. The summed E-state index contributed by atoms with van der Waals surface area (Å²) >= 11 is 12.1. The monoisotopic (exact) mass is 467 g/mol. The van der Waals surface area contributed by atoms with Crippen LogP contribution in [-0.2, 0) is 9.59 Å². The fourth-order valence-corrected chi connectivity index (χ4v) is 3.51. The molecular formula is C23H15Cl2N3O4. The topological polar surface area (TPSA) is 98.7 Å². The van der Waals surface area contributed by atoms with Gasteiger partial charge in [0.2, 0.25) is 0 Å². The molecule has 0 fully saturated rings. The predicted molar refractivity (Wildman–Crippen MR) is 123 cm³/mol. The van der Waals surface area contributed by atoms with E-state index in [0.29, 0.717) is 16.4 Å². The van der Waals surface area contributed by atoms with Crippen LogP contribution in [0, 0.1) is 0 Å². The highest BCUT2D eigenvalue weighted by Crippen LogP contribution is 2.31. The van der Waals surface area contributed by atoms with Gasteiger partial charge < -0.3 is 15.7 Å². The number of para-hydroxylation sites is 2. The van der Waals surface area contributed by atoms with Crippen molar-refractivity contribution in [2.24, 2.45) is 0 Å². The van der Waals surface area contributed by atoms with Crippen molar-refractivity contribution in [1.29, 1.82) is 0 Å². The molecule has 4 rings (SSSR count). The Morgan fingerprint density at radius 1 is 0.875 bits per heavy atom. The van der Waals surface area contributed by atoms with E-state index in [1.54, 1.807) is 54.6 Å². The maximum atomic E-state index is 12.9. The number of benzene rings is 3. The lowest BCUT2D eigenvalue weighted by Crippen LogP contribution is -2.32. The number of halogens is 2. The molecule has 3 amide bonds. The van der Waals surface area contributed by atoms with Crippen molar-refractivity contribution in [2.75, 3.05) is 15.5 Å². The van der Waals surface area contributed by atoms with Crippen LogP contribution in [0.25, 0.3) is 0 Å². The fraction of sp³-hybridized carbons (Fsp3) is 0. The van der Waals surface area contributed by atoms with Crippen molar-refractivity contribution in [3.8, 4) is 5.75 Å². The van der Waals surface area contributed by atoms with Gasteiger partial charge in [0.05, 0.1) is 11.4 Å². The van der Waals surface area contributed by atoms with E-state index in [0.717, 1.165) is 4.90 Å². The average molecular weight is 468 g/mol. The summed E-state index contributed by atoms with van der Waals surface area (Å²) in [6.45, 7) is 0. The van der Waals surface area contributed by atoms with E-state index < -0.39 is 17.7 Å². The molecule has 3 N–H and O–H groups in total. The number of phenols is 1. The molecule has 0 atom stereocenters. The zero-order valence-corrected chi connectivity index (χ0v) is 17.8. The third-order valence-electron chi connectivity index (χ3n) is 4.64. The summed E-state index contributed by atoms with van der Waals surface area (Å²) in [5.41, 5.74) is 1.07. The number of nitrogens with zero attached hydrogens (tertiary/aromatic N) is 1. The number of hydrogen-bond acceptors (Lipinski definition) is 5. The summed E-state index contributed by atoms with van der Waals surface area (Å²) in [4.78, 5) is 39.0. The lowest BCUT2D eigenvalue weighted by Gasteiger charge is -2.15. The van der Waals surface area contributed by atoms with E-state index in [1.807, 2.05) is 0 Å². The van der Waals surface area contributed by atoms with E-state index in [9.17, 15) is 19.5 Å². The Morgan fingerprint density at radius 2 is 1.62 bits per heavy atom. The second kappa shape index (κ2) is 8.74. The minimum atomic E-state index is -0.685. The lowest BCUT2D eigenvalue weighted by molar-refractivity contribution is -0.120. The molecule has 7 nitrogen and oxygen atoms in total. The first-order chi connectivity index (χ1) is 15.3. The van der Waals surface area contributed by atoms with Crippen molar-refractivity contribution < 1.29 is 19.5 Å². The molecule has 160 valence electrons. The second-order valence-corrected chi connectivity index (χ2v) is 7.61. The van der Waals surface area contributed by atoms with Crippen molar-refractivity contribution in [3.63, 3.8) is 0 Å². The van der Waals surface area contributed by atoms with E-state index in [-0.39, 0.29) is 27.7 Å². The van der Waals surface area contributed by atoms with Gasteiger partial charge >= 0.3 is 0 Å². The molecule has 0 bridgehead atoms. The zero-order valence-electron chi connectivity index (χ0n) is 16.3. The molecule has 0 saturated carbocycles. The van der Waals surface area contributed by atoms with Crippen LogP contribution in [0.5, 0.6) is 5.75 Å². The number of nitrogens with one attached hydrogen (secondary N) is 2. The molecule has 0 unspecified atom stereocenters. The quantitative estimate of drug-likeness (QED) is 0.372. The number of aromatic hydroxyl groups is 1. The highest BCUT2D eigenvalue weighted by Gasteiger charge is 2.39. The van der Waals surface area contributed by atoms with Gasteiger partial charge in [0.25, 0.3) is 17.7 Å². The first-order valence-electron chi connectivity index (χ1n) is 9.35. The maximum absolute atomic E-state index is 12.9. The molecule has 0 saturated heterocycles. The fourth-order valence-electron chi connectivity index (χ4n) is 3.12. The van der Waals surface area contributed by atoms with Crippen LogP contribution < -0.4 is 15.5 Å². The van der Waals surface area contributed by atoms with E-state index in [1.165, 1.54) is 18.2 Å². The first kappa shape index (κ1) is 21.4. The average Bonchev–Trinajstić information content (AvgIpc) is 2.98. The van der Waals surface area contributed by atoms with Crippen molar-refractivity contribution >= 4 is 58.0 Å². The van der Waals surface area contributed by atoms with Crippen LogP contribution in [0.1, 0.15) is 10.4 Å². The molecule has 0 aliphatic carbocycles. The SMILES string of the molecule is O=C(Nc1ccccc1O)c1cccc(NC2=C(Cl)C(=O)N(c3cccc(Cl)c3)C2=O)c1. The van der Waals surface area contributed by atoms with Crippen LogP contribution >= 0.6 is 23.2 Å². The third kappa shape index (κ3) is 4.16. The van der Waals surface area contributed by atoms with Crippen LogP contribution in [0.2, 0.25) is 5.02 Å². The van der Waals surface area contributed by atoms with Gasteiger partial charge in [-0.15, -0.1) is 0 Å². The van der Waals surface area contributed by atoms with Crippen molar-refractivity contribution in [2.45, 2.75) is 0 Å². The van der Waals surface area contributed by atoms with Crippen LogP contribution in [0.15, 0.2) is 83.5 Å². The predicted octanol–water partition coefficient (Wildman–Crippen LogP) is 4.73. The minimum Gasteiger partial charge on any atom is -0.506 e. The van der Waals surface area contributed by atoms with Gasteiger partial charge in [-0.05, 0) is 48.5 Å². The summed E-state index contributed by atoms with van der Waals surface area (Å²) in [5.74, 6) is -1.87. The molecule has 0 aromatic heterocycles. The summed E-state index contributed by atoms with van der Waals surface area (Å²) in [5, 5.41) is 15.4. The Kier molecular flexibility index (Phi) is 5.85. The number of anilines is 3. The van der Waals surface area contributed by atoms with E-state index >= 15 is 0 Å². The number of phenolic OH excluding ortho intramolecular Hbond substituents is 1. The summed E-state index contributed by atoms with van der Waals surface area (Å²) in [6.07, 6.45) is 0. The molecule has 1 aliphatic rings.